The summed E-state index contributed by atoms with van der Waals surface area (Å²) in [5.74, 6) is 0.885. The lowest BCUT2D eigenvalue weighted by atomic mass is 10.1. The van der Waals surface area contributed by atoms with Gasteiger partial charge in [0, 0.05) is 13.1 Å². The molecule has 0 aromatic rings. The molecule has 0 aromatic heterocycles. The highest BCUT2D eigenvalue weighted by atomic mass is 127. The summed E-state index contributed by atoms with van der Waals surface area (Å²) in [6, 6.07) is 0. The van der Waals surface area contributed by atoms with Crippen LogP contribution in [0.25, 0.3) is 0 Å². The molecule has 0 bridgehead atoms. The normalized spacial score (nSPS) is 10.9. The molecule has 4 N–H and O–H groups in total. The molecule has 0 radical (unpaired) electrons. The Bertz CT molecular complexity index is 232. The van der Waals surface area contributed by atoms with Gasteiger partial charge in [0.05, 0.1) is 0 Å². The fraction of sp³-hybridized carbons (Fsp3) is 0.818. The van der Waals surface area contributed by atoms with Gasteiger partial charge in [0.25, 0.3) is 0 Å². The minimum absolute atomic E-state index is 0. The molecule has 0 atom stereocenters. The van der Waals surface area contributed by atoms with Crippen molar-refractivity contribution in [1.82, 2.24) is 10.6 Å². The highest BCUT2D eigenvalue weighted by molar-refractivity contribution is 14.0. The first kappa shape index (κ1) is 18.8. The number of amides is 1. The summed E-state index contributed by atoms with van der Waals surface area (Å²) in [4.78, 5) is 15.1. The number of carbonyl (C=O) groups excluding carboxylic acids is 1. The first-order valence-electron chi connectivity index (χ1n) is 5.86. The minimum atomic E-state index is -0.0875. The Morgan fingerprint density at radius 2 is 1.94 bits per heavy atom. The Balaban J connectivity index is 0. The fourth-order valence-electron chi connectivity index (χ4n) is 1.02. The Morgan fingerprint density at radius 3 is 2.47 bits per heavy atom. The van der Waals surface area contributed by atoms with Crippen molar-refractivity contribution in [2.24, 2.45) is 16.6 Å². The SMILES string of the molecule is CCCNC(=O)CN=C(N)NCCC(C)C.I. The third-order valence-corrected chi connectivity index (χ3v) is 1.99. The number of carbonyl (C=O) groups is 1. The van der Waals surface area contributed by atoms with Gasteiger partial charge in [-0.05, 0) is 18.8 Å². The van der Waals surface area contributed by atoms with E-state index in [4.69, 9.17) is 5.73 Å². The van der Waals surface area contributed by atoms with Crippen molar-refractivity contribution >= 4 is 35.8 Å². The number of nitrogens with one attached hydrogen (secondary N) is 2. The van der Waals surface area contributed by atoms with Gasteiger partial charge >= 0.3 is 0 Å². The second-order valence-electron chi connectivity index (χ2n) is 4.16. The van der Waals surface area contributed by atoms with E-state index in [-0.39, 0.29) is 36.4 Å². The molecule has 1 amide bonds. The van der Waals surface area contributed by atoms with Gasteiger partial charge in [-0.2, -0.15) is 0 Å². The monoisotopic (exact) mass is 356 g/mol. The van der Waals surface area contributed by atoms with Gasteiger partial charge < -0.3 is 16.4 Å². The Kier molecular flexibility index (Phi) is 13.2. The molecule has 5 nitrogen and oxygen atoms in total. The summed E-state index contributed by atoms with van der Waals surface area (Å²) in [6.07, 6.45) is 1.97. The Morgan fingerprint density at radius 1 is 1.29 bits per heavy atom. The zero-order chi connectivity index (χ0) is 12.4. The molecule has 6 heteroatoms. The van der Waals surface area contributed by atoms with E-state index in [0.29, 0.717) is 18.4 Å². The zero-order valence-electron chi connectivity index (χ0n) is 11.0. The van der Waals surface area contributed by atoms with Gasteiger partial charge in [0.15, 0.2) is 5.96 Å². The average molecular weight is 356 g/mol. The second-order valence-corrected chi connectivity index (χ2v) is 4.16. The maximum Gasteiger partial charge on any atom is 0.241 e. The third kappa shape index (κ3) is 13.4. The van der Waals surface area contributed by atoms with Crippen LogP contribution in [0.2, 0.25) is 0 Å². The highest BCUT2D eigenvalue weighted by Crippen LogP contribution is 1.95. The van der Waals surface area contributed by atoms with Gasteiger partial charge in [0.1, 0.15) is 6.54 Å². The van der Waals surface area contributed by atoms with Crippen LogP contribution < -0.4 is 16.4 Å². The van der Waals surface area contributed by atoms with Crippen LogP contribution in [0.4, 0.5) is 0 Å². The van der Waals surface area contributed by atoms with Crippen LogP contribution in [0.5, 0.6) is 0 Å². The molecule has 0 fully saturated rings. The molecule has 102 valence electrons. The first-order valence-corrected chi connectivity index (χ1v) is 5.86. The fourth-order valence-corrected chi connectivity index (χ4v) is 1.02. The number of rotatable bonds is 7. The van der Waals surface area contributed by atoms with E-state index < -0.39 is 0 Å². The van der Waals surface area contributed by atoms with Crippen molar-refractivity contribution < 1.29 is 4.79 Å². The van der Waals surface area contributed by atoms with E-state index in [1.807, 2.05) is 6.92 Å². The number of halogens is 1. The molecular weight excluding hydrogens is 331 g/mol. The maximum atomic E-state index is 11.2. The lowest BCUT2D eigenvalue weighted by Crippen LogP contribution is -2.35. The topological polar surface area (TPSA) is 79.5 Å². The van der Waals surface area contributed by atoms with Crippen molar-refractivity contribution in [2.45, 2.75) is 33.6 Å². The van der Waals surface area contributed by atoms with Crippen LogP contribution in [-0.4, -0.2) is 31.5 Å². The molecule has 0 heterocycles. The molecule has 17 heavy (non-hydrogen) atoms. The summed E-state index contributed by atoms with van der Waals surface area (Å²) < 4.78 is 0. The molecule has 0 aliphatic rings. The van der Waals surface area contributed by atoms with Crippen LogP contribution in [0.15, 0.2) is 4.99 Å². The number of hydrogen-bond acceptors (Lipinski definition) is 2. The van der Waals surface area contributed by atoms with E-state index in [1.165, 1.54) is 0 Å². The van der Waals surface area contributed by atoms with Crippen molar-refractivity contribution in [3.05, 3.63) is 0 Å². The standard InChI is InChI=1S/C11H24N4O.HI/c1-4-6-13-10(16)8-15-11(12)14-7-5-9(2)3;/h9H,4-8H2,1-3H3,(H,13,16)(H3,12,14,15);1H. The van der Waals surface area contributed by atoms with Crippen LogP contribution in [0.1, 0.15) is 33.6 Å². The largest absolute Gasteiger partial charge is 0.370 e. The lowest BCUT2D eigenvalue weighted by Gasteiger charge is -2.07. The molecule has 0 aromatic carbocycles. The molecular formula is C11H25IN4O. The van der Waals surface area contributed by atoms with Crippen LogP contribution >= 0.6 is 24.0 Å². The number of nitrogens with two attached hydrogens (primary N) is 1. The molecule has 0 aliphatic heterocycles. The quantitative estimate of drug-likeness (QED) is 0.363. The Hall–Kier alpha value is -0.530. The van der Waals surface area contributed by atoms with E-state index in [1.54, 1.807) is 0 Å². The number of aliphatic imine (C=N–C) groups is 1. The van der Waals surface area contributed by atoms with E-state index in [0.717, 1.165) is 19.4 Å². The molecule has 0 saturated heterocycles. The predicted molar refractivity (Wildman–Crippen MR) is 82.7 cm³/mol. The average Bonchev–Trinajstić information content (AvgIpc) is 2.23. The molecule has 0 rings (SSSR count). The molecule has 0 saturated carbocycles. The second kappa shape index (κ2) is 11.9. The highest BCUT2D eigenvalue weighted by Gasteiger charge is 1.99. The summed E-state index contributed by atoms with van der Waals surface area (Å²) in [5.41, 5.74) is 5.60. The molecule has 0 spiro atoms. The van der Waals surface area contributed by atoms with E-state index >= 15 is 0 Å². The number of guanidine groups is 1. The van der Waals surface area contributed by atoms with Crippen LogP contribution in [0.3, 0.4) is 0 Å². The summed E-state index contributed by atoms with van der Waals surface area (Å²) in [5, 5.41) is 5.71. The van der Waals surface area contributed by atoms with Crippen LogP contribution in [-0.2, 0) is 4.79 Å². The number of nitrogens with zero attached hydrogens (tertiary/aromatic N) is 1. The predicted octanol–water partition coefficient (Wildman–Crippen LogP) is 1.08. The lowest BCUT2D eigenvalue weighted by molar-refractivity contribution is -0.119. The van der Waals surface area contributed by atoms with Crippen molar-refractivity contribution in [1.29, 1.82) is 0 Å². The minimum Gasteiger partial charge on any atom is -0.370 e. The maximum absolute atomic E-state index is 11.2. The smallest absolute Gasteiger partial charge is 0.241 e. The van der Waals surface area contributed by atoms with Gasteiger partial charge in [-0.25, -0.2) is 4.99 Å². The third-order valence-electron chi connectivity index (χ3n) is 1.99. The summed E-state index contributed by atoms with van der Waals surface area (Å²) >= 11 is 0. The van der Waals surface area contributed by atoms with Gasteiger partial charge in [-0.15, -0.1) is 24.0 Å². The number of hydrogen-bond donors (Lipinski definition) is 3. The zero-order valence-corrected chi connectivity index (χ0v) is 13.3. The van der Waals surface area contributed by atoms with Crippen molar-refractivity contribution in [3.8, 4) is 0 Å². The molecule has 0 unspecified atom stereocenters. The van der Waals surface area contributed by atoms with Crippen molar-refractivity contribution in [2.75, 3.05) is 19.6 Å². The van der Waals surface area contributed by atoms with Gasteiger partial charge in [0.2, 0.25) is 5.91 Å². The summed E-state index contributed by atoms with van der Waals surface area (Å²) in [6.45, 7) is 7.88. The van der Waals surface area contributed by atoms with E-state index in [9.17, 15) is 4.79 Å². The Labute approximate surface area is 121 Å². The first-order chi connectivity index (χ1) is 7.56. The molecule has 0 aliphatic carbocycles. The van der Waals surface area contributed by atoms with E-state index in [2.05, 4.69) is 29.5 Å². The van der Waals surface area contributed by atoms with Crippen LogP contribution in [0, 0.1) is 5.92 Å². The summed E-state index contributed by atoms with van der Waals surface area (Å²) in [7, 11) is 0. The van der Waals surface area contributed by atoms with Gasteiger partial charge in [-0.3, -0.25) is 4.79 Å². The van der Waals surface area contributed by atoms with Crippen molar-refractivity contribution in [3.63, 3.8) is 0 Å². The van der Waals surface area contributed by atoms with Gasteiger partial charge in [-0.1, -0.05) is 20.8 Å².